The van der Waals surface area contributed by atoms with Gasteiger partial charge in [-0.15, -0.1) is 0 Å². The fraction of sp³-hybridized carbons (Fsp3) is 0. The Morgan fingerprint density at radius 1 is 0.556 bits per heavy atom. The molecule has 0 aliphatic rings. The van der Waals surface area contributed by atoms with E-state index in [1.54, 1.807) is 0 Å². The van der Waals surface area contributed by atoms with E-state index < -0.39 is 0 Å². The molecule has 0 atom stereocenters. The molecule has 27 heavy (non-hydrogen) atoms. The van der Waals surface area contributed by atoms with E-state index in [-0.39, 0.29) is 0 Å². The number of hydrogen-bond acceptors (Lipinski definition) is 2. The molecule has 0 radical (unpaired) electrons. The molecule has 2 nitrogen and oxygen atoms in total. The van der Waals surface area contributed by atoms with E-state index in [0.717, 1.165) is 33.0 Å². The highest BCUT2D eigenvalue weighted by Gasteiger charge is 2.12. The van der Waals surface area contributed by atoms with Crippen LogP contribution in [0.15, 0.2) is 91.0 Å². The summed E-state index contributed by atoms with van der Waals surface area (Å²) in [5.74, 6) is 0.641. The van der Waals surface area contributed by atoms with Crippen LogP contribution in [0.3, 0.4) is 0 Å². The number of rotatable bonds is 2. The number of hydrogen-bond donors (Lipinski definition) is 0. The summed E-state index contributed by atoms with van der Waals surface area (Å²) in [5.41, 5.74) is 2.87. The van der Waals surface area contributed by atoms with E-state index >= 15 is 0 Å². The van der Waals surface area contributed by atoms with Crippen molar-refractivity contribution in [3.05, 3.63) is 96.1 Å². The molecule has 5 rings (SSSR count). The van der Waals surface area contributed by atoms with Crippen LogP contribution in [0, 0.1) is 0 Å². The average Bonchev–Trinajstić information content (AvgIpc) is 2.72. The van der Waals surface area contributed by atoms with Crippen molar-refractivity contribution < 1.29 is 0 Å². The summed E-state index contributed by atoms with van der Waals surface area (Å²) in [5, 5.41) is 5.04. The van der Waals surface area contributed by atoms with Crippen molar-refractivity contribution in [2.24, 2.45) is 0 Å². The largest absolute Gasteiger partial charge is 0.228 e. The van der Waals surface area contributed by atoms with Crippen molar-refractivity contribution in [2.75, 3.05) is 0 Å². The molecule has 0 bridgehead atoms. The molecule has 128 valence electrons. The molecule has 0 amide bonds. The summed E-state index contributed by atoms with van der Waals surface area (Å²) >= 11 is 6.40. The summed E-state index contributed by atoms with van der Waals surface area (Å²) in [6.45, 7) is 0. The zero-order chi connectivity index (χ0) is 18.2. The van der Waals surface area contributed by atoms with E-state index in [4.69, 9.17) is 16.6 Å². The van der Waals surface area contributed by atoms with Crippen LogP contribution in [0.5, 0.6) is 0 Å². The van der Waals surface area contributed by atoms with E-state index in [2.05, 4.69) is 47.4 Å². The van der Waals surface area contributed by atoms with Gasteiger partial charge in [0, 0.05) is 17.2 Å². The SMILES string of the molecule is Clc1cc(-c2cccc3ccccc23)nc(-c2cccc3ccccc23)n1. The maximum absolute atomic E-state index is 6.40. The monoisotopic (exact) mass is 366 g/mol. The lowest BCUT2D eigenvalue weighted by Crippen LogP contribution is -1.94. The minimum Gasteiger partial charge on any atom is -0.228 e. The summed E-state index contributed by atoms with van der Waals surface area (Å²) < 4.78 is 0. The lowest BCUT2D eigenvalue weighted by atomic mass is 10.0. The zero-order valence-electron chi connectivity index (χ0n) is 14.4. The quantitative estimate of drug-likeness (QED) is 0.322. The predicted molar refractivity (Wildman–Crippen MR) is 113 cm³/mol. The Morgan fingerprint density at radius 3 is 1.81 bits per heavy atom. The van der Waals surface area contributed by atoms with Gasteiger partial charge in [-0.1, -0.05) is 96.5 Å². The Bertz CT molecular complexity index is 1190. The van der Waals surface area contributed by atoms with Gasteiger partial charge in [0.2, 0.25) is 0 Å². The molecule has 0 aliphatic carbocycles. The summed E-state index contributed by atoms with van der Waals surface area (Å²) in [7, 11) is 0. The second kappa shape index (κ2) is 6.49. The molecule has 5 aromatic rings. The highest BCUT2D eigenvalue weighted by atomic mass is 35.5. The fourth-order valence-corrected chi connectivity index (χ4v) is 3.73. The minimum atomic E-state index is 0.441. The molecule has 1 aromatic heterocycles. The Hall–Kier alpha value is -3.23. The van der Waals surface area contributed by atoms with Gasteiger partial charge >= 0.3 is 0 Å². The molecular formula is C24H15ClN2. The predicted octanol–water partition coefficient (Wildman–Crippen LogP) is 6.77. The molecular weight excluding hydrogens is 352 g/mol. The Kier molecular flexibility index (Phi) is 3.84. The van der Waals surface area contributed by atoms with Crippen LogP contribution in [-0.4, -0.2) is 9.97 Å². The molecule has 0 saturated heterocycles. The van der Waals surface area contributed by atoms with Crippen molar-refractivity contribution in [1.82, 2.24) is 9.97 Å². The van der Waals surface area contributed by atoms with Crippen LogP contribution in [-0.2, 0) is 0 Å². The van der Waals surface area contributed by atoms with E-state index in [9.17, 15) is 0 Å². The maximum atomic E-state index is 6.40. The van der Waals surface area contributed by atoms with Crippen LogP contribution in [0.2, 0.25) is 5.15 Å². The second-order valence-corrected chi connectivity index (χ2v) is 6.84. The number of nitrogens with zero attached hydrogens (tertiary/aromatic N) is 2. The van der Waals surface area contributed by atoms with Gasteiger partial charge in [0.1, 0.15) is 5.15 Å². The van der Waals surface area contributed by atoms with E-state index in [1.165, 1.54) is 5.39 Å². The molecule has 0 aliphatic heterocycles. The van der Waals surface area contributed by atoms with Gasteiger partial charge in [0.25, 0.3) is 0 Å². The Balaban J connectivity index is 1.76. The standard InChI is InChI=1S/C24H15ClN2/c25-23-15-22(20-13-5-9-16-7-1-3-11-18(16)20)26-24(27-23)21-14-6-10-17-8-2-4-12-19(17)21/h1-15H. The van der Waals surface area contributed by atoms with Gasteiger partial charge < -0.3 is 0 Å². The third kappa shape index (κ3) is 2.84. The highest BCUT2D eigenvalue weighted by Crippen LogP contribution is 2.32. The Labute approximate surface area is 162 Å². The topological polar surface area (TPSA) is 25.8 Å². The third-order valence-corrected chi connectivity index (χ3v) is 4.98. The van der Waals surface area contributed by atoms with Gasteiger partial charge in [-0.05, 0) is 21.5 Å². The lowest BCUT2D eigenvalue weighted by Gasteiger charge is -2.10. The smallest absolute Gasteiger partial charge is 0.162 e. The highest BCUT2D eigenvalue weighted by molar-refractivity contribution is 6.29. The molecule has 4 aromatic carbocycles. The van der Waals surface area contributed by atoms with Gasteiger partial charge in [-0.2, -0.15) is 0 Å². The van der Waals surface area contributed by atoms with Gasteiger partial charge in [-0.25, -0.2) is 9.97 Å². The number of fused-ring (bicyclic) bond motifs is 2. The number of halogens is 1. The van der Waals surface area contributed by atoms with Crippen molar-refractivity contribution in [2.45, 2.75) is 0 Å². The van der Waals surface area contributed by atoms with E-state index in [1.807, 2.05) is 48.5 Å². The third-order valence-electron chi connectivity index (χ3n) is 4.79. The Morgan fingerprint density at radius 2 is 1.11 bits per heavy atom. The first-order valence-corrected chi connectivity index (χ1v) is 9.18. The van der Waals surface area contributed by atoms with Crippen LogP contribution in [0.25, 0.3) is 44.2 Å². The normalized spacial score (nSPS) is 11.1. The van der Waals surface area contributed by atoms with Crippen molar-refractivity contribution in [3.8, 4) is 22.6 Å². The first-order valence-electron chi connectivity index (χ1n) is 8.80. The van der Waals surface area contributed by atoms with Crippen LogP contribution in [0.1, 0.15) is 0 Å². The van der Waals surface area contributed by atoms with Crippen LogP contribution >= 0.6 is 11.6 Å². The van der Waals surface area contributed by atoms with Crippen LogP contribution in [0.4, 0.5) is 0 Å². The summed E-state index contributed by atoms with van der Waals surface area (Å²) in [4.78, 5) is 9.39. The van der Waals surface area contributed by atoms with Crippen LogP contribution < -0.4 is 0 Å². The number of aromatic nitrogens is 2. The lowest BCUT2D eigenvalue weighted by molar-refractivity contribution is 1.19. The van der Waals surface area contributed by atoms with Crippen molar-refractivity contribution in [3.63, 3.8) is 0 Å². The molecule has 0 fully saturated rings. The van der Waals surface area contributed by atoms with Crippen molar-refractivity contribution >= 4 is 33.1 Å². The molecule has 0 spiro atoms. The van der Waals surface area contributed by atoms with Gasteiger partial charge in [-0.3, -0.25) is 0 Å². The fourth-order valence-electron chi connectivity index (χ4n) is 3.55. The average molecular weight is 367 g/mol. The molecule has 0 unspecified atom stereocenters. The molecule has 1 heterocycles. The van der Waals surface area contributed by atoms with Crippen molar-refractivity contribution in [1.29, 1.82) is 0 Å². The second-order valence-electron chi connectivity index (χ2n) is 6.45. The maximum Gasteiger partial charge on any atom is 0.162 e. The summed E-state index contributed by atoms with van der Waals surface area (Å²) in [6, 6.07) is 30.8. The summed E-state index contributed by atoms with van der Waals surface area (Å²) in [6.07, 6.45) is 0. The zero-order valence-corrected chi connectivity index (χ0v) is 15.2. The number of benzene rings is 4. The molecule has 0 saturated carbocycles. The molecule has 3 heteroatoms. The first kappa shape index (κ1) is 16.0. The molecule has 0 N–H and O–H groups in total. The minimum absolute atomic E-state index is 0.441. The van der Waals surface area contributed by atoms with Gasteiger partial charge in [0.15, 0.2) is 5.82 Å². The first-order chi connectivity index (χ1) is 13.3. The van der Waals surface area contributed by atoms with E-state index in [0.29, 0.717) is 11.0 Å². The van der Waals surface area contributed by atoms with Gasteiger partial charge in [0.05, 0.1) is 5.69 Å².